The summed E-state index contributed by atoms with van der Waals surface area (Å²) in [6.07, 6.45) is 11.5. The highest BCUT2D eigenvalue weighted by molar-refractivity contribution is 5.93. The molecule has 0 N–H and O–H groups in total. The maximum Gasteiger partial charge on any atom is 0.338 e. The first kappa shape index (κ1) is 26.3. The van der Waals surface area contributed by atoms with Crippen LogP contribution in [0.2, 0.25) is 0 Å². The van der Waals surface area contributed by atoms with Gasteiger partial charge in [-0.3, -0.25) is 9.69 Å². The fraction of sp³-hybridized carbons (Fsp3) is 0.515. The Morgan fingerprint density at radius 1 is 0.949 bits per heavy atom. The molecular formula is C33H39NO5. The number of carbonyl (C=O) groups is 2. The molecule has 5 aliphatic rings. The van der Waals surface area contributed by atoms with Crippen molar-refractivity contribution in [1.29, 1.82) is 0 Å². The molecule has 6 nitrogen and oxygen atoms in total. The van der Waals surface area contributed by atoms with E-state index in [0.29, 0.717) is 24.1 Å². The third kappa shape index (κ3) is 6.28. The molecule has 6 heteroatoms. The molecular weight excluding hydrogens is 490 g/mol. The molecule has 0 unspecified atom stereocenters. The number of hydrogen-bond acceptors (Lipinski definition) is 6. The van der Waals surface area contributed by atoms with Crippen LogP contribution in [0.4, 0.5) is 0 Å². The summed E-state index contributed by atoms with van der Waals surface area (Å²) in [5.74, 6) is 3.06. The van der Waals surface area contributed by atoms with Crippen LogP contribution in [0.5, 0.6) is 5.75 Å². The molecule has 39 heavy (non-hydrogen) atoms. The highest BCUT2D eigenvalue weighted by Gasteiger charge is 2.51. The number of allylic oxidation sites excluding steroid dienone is 1. The number of esters is 1. The van der Waals surface area contributed by atoms with Crippen molar-refractivity contribution in [2.24, 2.45) is 17.8 Å². The molecule has 1 saturated heterocycles. The van der Waals surface area contributed by atoms with Crippen LogP contribution >= 0.6 is 0 Å². The Hall–Kier alpha value is -2.96. The van der Waals surface area contributed by atoms with Gasteiger partial charge in [0.15, 0.2) is 5.78 Å². The third-order valence-corrected chi connectivity index (χ3v) is 9.25. The van der Waals surface area contributed by atoms with Crippen molar-refractivity contribution in [3.05, 3.63) is 77.6 Å². The van der Waals surface area contributed by atoms with Crippen molar-refractivity contribution in [2.75, 3.05) is 39.5 Å². The first-order chi connectivity index (χ1) is 19.0. The van der Waals surface area contributed by atoms with E-state index < -0.39 is 0 Å². The van der Waals surface area contributed by atoms with E-state index >= 15 is 0 Å². The van der Waals surface area contributed by atoms with Crippen molar-refractivity contribution in [3.63, 3.8) is 0 Å². The summed E-state index contributed by atoms with van der Waals surface area (Å²) in [5.41, 5.74) is 3.07. The zero-order valence-electron chi connectivity index (χ0n) is 22.7. The summed E-state index contributed by atoms with van der Waals surface area (Å²) in [6, 6.07) is 15.6. The van der Waals surface area contributed by atoms with E-state index in [1.165, 1.54) is 56.4 Å². The Kier molecular flexibility index (Phi) is 7.85. The lowest BCUT2D eigenvalue weighted by Crippen LogP contribution is -2.48. The summed E-state index contributed by atoms with van der Waals surface area (Å²) in [6.45, 7) is 4.20. The quantitative estimate of drug-likeness (QED) is 0.235. The topological polar surface area (TPSA) is 65.1 Å². The van der Waals surface area contributed by atoms with Gasteiger partial charge >= 0.3 is 5.97 Å². The van der Waals surface area contributed by atoms with Gasteiger partial charge in [0.25, 0.3) is 0 Å². The Morgan fingerprint density at radius 3 is 2.33 bits per heavy atom. The SMILES string of the molecule is O=C(/C=C/Oc1ccc(C23CC4CC(CC(C4)C2)C3)cc1)Cc1cccc(C(=O)OCCN2CCOCC2)c1. The third-order valence-electron chi connectivity index (χ3n) is 9.25. The molecule has 4 aliphatic carbocycles. The molecule has 5 fully saturated rings. The van der Waals surface area contributed by atoms with Crippen molar-refractivity contribution < 1.29 is 23.8 Å². The van der Waals surface area contributed by atoms with Crippen LogP contribution in [0.15, 0.2) is 60.9 Å². The highest BCUT2D eigenvalue weighted by Crippen LogP contribution is 2.60. The van der Waals surface area contributed by atoms with E-state index in [9.17, 15) is 9.59 Å². The predicted octanol–water partition coefficient (Wildman–Crippen LogP) is 5.35. The van der Waals surface area contributed by atoms with Crippen LogP contribution in [-0.4, -0.2) is 56.1 Å². The van der Waals surface area contributed by atoms with Gasteiger partial charge in [-0.1, -0.05) is 24.3 Å². The number of ether oxygens (including phenoxy) is 3. The summed E-state index contributed by atoms with van der Waals surface area (Å²) in [5, 5.41) is 0. The molecule has 4 saturated carbocycles. The first-order valence-electron chi connectivity index (χ1n) is 14.6. The van der Waals surface area contributed by atoms with E-state index in [2.05, 4.69) is 17.0 Å². The molecule has 2 aromatic carbocycles. The number of morpholine rings is 1. The maximum absolute atomic E-state index is 12.5. The van der Waals surface area contributed by atoms with Gasteiger partial charge in [-0.15, -0.1) is 0 Å². The molecule has 4 bridgehead atoms. The van der Waals surface area contributed by atoms with Gasteiger partial charge in [0.2, 0.25) is 0 Å². The molecule has 0 atom stereocenters. The monoisotopic (exact) mass is 529 g/mol. The van der Waals surface area contributed by atoms with Crippen LogP contribution in [0.1, 0.15) is 60.0 Å². The van der Waals surface area contributed by atoms with Gasteiger partial charge in [-0.2, -0.15) is 0 Å². The second-order valence-electron chi connectivity index (χ2n) is 12.1. The zero-order chi connectivity index (χ0) is 26.7. The maximum atomic E-state index is 12.5. The van der Waals surface area contributed by atoms with E-state index in [0.717, 1.165) is 55.4 Å². The second-order valence-corrected chi connectivity index (χ2v) is 12.1. The van der Waals surface area contributed by atoms with Crippen molar-refractivity contribution in [2.45, 2.75) is 50.4 Å². The molecule has 0 amide bonds. The Bertz CT molecular complexity index is 1160. The Morgan fingerprint density at radius 2 is 1.64 bits per heavy atom. The van der Waals surface area contributed by atoms with Crippen LogP contribution in [0.3, 0.4) is 0 Å². The Labute approximate surface area is 231 Å². The summed E-state index contributed by atoms with van der Waals surface area (Å²) in [4.78, 5) is 27.2. The summed E-state index contributed by atoms with van der Waals surface area (Å²) in [7, 11) is 0. The number of rotatable bonds is 10. The number of carbonyl (C=O) groups excluding carboxylic acids is 2. The van der Waals surface area contributed by atoms with Crippen LogP contribution in [0, 0.1) is 17.8 Å². The second kappa shape index (κ2) is 11.6. The summed E-state index contributed by atoms with van der Waals surface area (Å²) >= 11 is 0. The minimum Gasteiger partial charge on any atom is -0.465 e. The fourth-order valence-electron chi connectivity index (χ4n) is 7.78. The number of hydrogen-bond donors (Lipinski definition) is 0. The Balaban J connectivity index is 0.973. The largest absolute Gasteiger partial charge is 0.465 e. The molecule has 0 spiro atoms. The van der Waals surface area contributed by atoms with Gasteiger partial charge in [-0.25, -0.2) is 4.79 Å². The van der Waals surface area contributed by atoms with Gasteiger partial charge in [-0.05, 0) is 97.1 Å². The first-order valence-corrected chi connectivity index (χ1v) is 14.6. The number of ketones is 1. The predicted molar refractivity (Wildman–Crippen MR) is 149 cm³/mol. The lowest BCUT2D eigenvalue weighted by Gasteiger charge is -2.57. The van der Waals surface area contributed by atoms with Gasteiger partial charge in [0.1, 0.15) is 12.4 Å². The van der Waals surface area contributed by atoms with Crippen molar-refractivity contribution in [3.8, 4) is 5.75 Å². The smallest absolute Gasteiger partial charge is 0.338 e. The van der Waals surface area contributed by atoms with Gasteiger partial charge < -0.3 is 14.2 Å². The fourth-order valence-corrected chi connectivity index (χ4v) is 7.78. The number of benzene rings is 2. The number of nitrogens with zero attached hydrogens (tertiary/aromatic N) is 1. The van der Waals surface area contributed by atoms with Crippen LogP contribution < -0.4 is 4.74 Å². The van der Waals surface area contributed by atoms with E-state index in [4.69, 9.17) is 14.2 Å². The minimum absolute atomic E-state index is 0.0852. The molecule has 0 radical (unpaired) electrons. The average Bonchev–Trinajstić information content (AvgIpc) is 2.93. The van der Waals surface area contributed by atoms with Crippen molar-refractivity contribution in [1.82, 2.24) is 4.90 Å². The van der Waals surface area contributed by atoms with E-state index in [-0.39, 0.29) is 18.2 Å². The van der Waals surface area contributed by atoms with E-state index in [1.807, 2.05) is 18.2 Å². The summed E-state index contributed by atoms with van der Waals surface area (Å²) < 4.78 is 16.5. The molecule has 1 heterocycles. The lowest BCUT2D eigenvalue weighted by molar-refractivity contribution is -0.114. The lowest BCUT2D eigenvalue weighted by atomic mass is 9.48. The minimum atomic E-state index is -0.367. The molecule has 2 aromatic rings. The van der Waals surface area contributed by atoms with Crippen LogP contribution in [0.25, 0.3) is 0 Å². The van der Waals surface area contributed by atoms with Gasteiger partial charge in [0.05, 0.1) is 25.0 Å². The highest BCUT2D eigenvalue weighted by atomic mass is 16.5. The molecule has 0 aromatic heterocycles. The van der Waals surface area contributed by atoms with Crippen molar-refractivity contribution >= 4 is 11.8 Å². The molecule has 7 rings (SSSR count). The zero-order valence-corrected chi connectivity index (χ0v) is 22.7. The van der Waals surface area contributed by atoms with Gasteiger partial charge in [0, 0.05) is 32.1 Å². The van der Waals surface area contributed by atoms with Crippen LogP contribution in [-0.2, 0) is 26.1 Å². The standard InChI is InChI=1S/C33H39NO5/c35-30(20-24-2-1-3-28(19-24)32(36)39-15-11-34-9-13-37-14-10-34)8-12-38-31-6-4-29(5-7-31)33-21-25-16-26(22-33)18-27(17-25)23-33/h1-8,12,19,25-27H,9-11,13-18,20-23H2/b12-8+. The molecule has 206 valence electrons. The van der Waals surface area contributed by atoms with E-state index in [1.54, 1.807) is 18.2 Å². The normalized spacial score (nSPS) is 28.1. The molecule has 1 aliphatic heterocycles. The average molecular weight is 530 g/mol.